The van der Waals surface area contributed by atoms with E-state index in [1.54, 1.807) is 19.9 Å². The van der Waals surface area contributed by atoms with E-state index in [9.17, 15) is 9.59 Å². The van der Waals surface area contributed by atoms with Gasteiger partial charge in [-0.05, 0) is 19.9 Å². The average Bonchev–Trinajstić information content (AvgIpc) is 2.73. The summed E-state index contributed by atoms with van der Waals surface area (Å²) in [6.07, 6.45) is 1.44. The molecule has 100 valence electrons. The molecule has 0 aliphatic rings. The Balaban J connectivity index is 2.29. The Morgan fingerprint density at radius 2 is 2.21 bits per heavy atom. The molecule has 7 heteroatoms. The van der Waals surface area contributed by atoms with Crippen LogP contribution in [-0.4, -0.2) is 15.5 Å². The fourth-order valence-corrected chi connectivity index (χ4v) is 1.72. The van der Waals surface area contributed by atoms with Gasteiger partial charge in [-0.3, -0.25) is 19.6 Å². The van der Waals surface area contributed by atoms with Crippen LogP contribution in [0.2, 0.25) is 0 Å². The van der Waals surface area contributed by atoms with E-state index in [0.29, 0.717) is 17.0 Å². The Morgan fingerprint density at radius 1 is 1.47 bits per heavy atom. The van der Waals surface area contributed by atoms with Crippen LogP contribution in [0.1, 0.15) is 27.6 Å². The third-order valence-electron chi connectivity index (χ3n) is 2.65. The van der Waals surface area contributed by atoms with Gasteiger partial charge in [0.05, 0.1) is 12.9 Å². The second-order valence-electron chi connectivity index (χ2n) is 4.19. The average molecular weight is 262 g/mol. The number of rotatable bonds is 3. The molecule has 2 heterocycles. The molecule has 0 atom stereocenters. The number of nitrogens with one attached hydrogen (secondary N) is 1. The first-order valence-corrected chi connectivity index (χ1v) is 5.64. The van der Waals surface area contributed by atoms with Crippen molar-refractivity contribution in [2.75, 3.05) is 0 Å². The van der Waals surface area contributed by atoms with Crippen molar-refractivity contribution >= 4 is 5.91 Å². The highest BCUT2D eigenvalue weighted by atomic mass is 16.4. The quantitative estimate of drug-likeness (QED) is 0.464. The Morgan fingerprint density at radius 3 is 2.84 bits per heavy atom. The number of aromatic nitrogens is 2. The number of hydrogen-bond donors (Lipinski definition) is 2. The number of nitrogens with two attached hydrogens (primary N) is 1. The number of carbonyl (C=O) groups excluding carboxylic acids is 1. The molecule has 2 aromatic rings. The van der Waals surface area contributed by atoms with Crippen molar-refractivity contribution in [3.63, 3.8) is 0 Å². The second kappa shape index (κ2) is 5.07. The lowest BCUT2D eigenvalue weighted by molar-refractivity contribution is 0.0923. The molecule has 1 amide bonds. The highest BCUT2D eigenvalue weighted by Gasteiger charge is 2.15. The summed E-state index contributed by atoms with van der Waals surface area (Å²) in [6, 6.07) is 3.13. The molecule has 2 rings (SSSR count). The molecule has 0 fully saturated rings. The summed E-state index contributed by atoms with van der Waals surface area (Å²) < 4.78 is 6.77. The molecule has 7 nitrogen and oxygen atoms in total. The Labute approximate surface area is 109 Å². The molecular formula is C12H14N4O3. The van der Waals surface area contributed by atoms with Crippen LogP contribution < -0.4 is 16.8 Å². The maximum atomic E-state index is 11.7. The van der Waals surface area contributed by atoms with Gasteiger partial charge in [0.2, 0.25) is 0 Å². The standard InChI is InChI=1S/C12H14N4O3/c1-7-3-9(19-11(7)12(18)15-13)5-16-6-14-8(2)4-10(16)17/h3-4,6H,5,13H2,1-2H3,(H,15,18). The zero-order valence-electron chi connectivity index (χ0n) is 10.6. The molecular weight excluding hydrogens is 248 g/mol. The lowest BCUT2D eigenvalue weighted by Crippen LogP contribution is -2.30. The van der Waals surface area contributed by atoms with Gasteiger partial charge in [-0.1, -0.05) is 0 Å². The molecule has 0 aromatic carbocycles. The minimum atomic E-state index is -0.502. The predicted molar refractivity (Wildman–Crippen MR) is 67.4 cm³/mol. The van der Waals surface area contributed by atoms with Crippen LogP contribution in [0.3, 0.4) is 0 Å². The second-order valence-corrected chi connectivity index (χ2v) is 4.19. The molecule has 0 aliphatic carbocycles. The number of nitrogen functional groups attached to an aromatic ring is 1. The van der Waals surface area contributed by atoms with Crippen LogP contribution in [0.25, 0.3) is 0 Å². The van der Waals surface area contributed by atoms with Crippen LogP contribution in [0.5, 0.6) is 0 Å². The number of amides is 1. The number of nitrogens with zero attached hydrogens (tertiary/aromatic N) is 2. The minimum absolute atomic E-state index is 0.144. The van der Waals surface area contributed by atoms with E-state index >= 15 is 0 Å². The van der Waals surface area contributed by atoms with E-state index < -0.39 is 5.91 Å². The normalized spacial score (nSPS) is 10.5. The molecule has 0 bridgehead atoms. The van der Waals surface area contributed by atoms with Gasteiger partial charge in [-0.25, -0.2) is 10.8 Å². The van der Waals surface area contributed by atoms with E-state index in [0.717, 1.165) is 0 Å². The Hall–Kier alpha value is -2.41. The van der Waals surface area contributed by atoms with Crippen LogP contribution in [0.4, 0.5) is 0 Å². The largest absolute Gasteiger partial charge is 0.454 e. The zero-order chi connectivity index (χ0) is 14.0. The Kier molecular flexibility index (Phi) is 3.48. The van der Waals surface area contributed by atoms with Crippen molar-refractivity contribution in [2.24, 2.45) is 5.84 Å². The molecule has 2 aromatic heterocycles. The lowest BCUT2D eigenvalue weighted by atomic mass is 10.2. The monoisotopic (exact) mass is 262 g/mol. The van der Waals surface area contributed by atoms with Gasteiger partial charge < -0.3 is 4.42 Å². The van der Waals surface area contributed by atoms with Gasteiger partial charge in [0.1, 0.15) is 5.76 Å². The summed E-state index contributed by atoms with van der Waals surface area (Å²) in [5.74, 6) is 5.18. The molecule has 0 aliphatic heterocycles. The molecule has 0 spiro atoms. The van der Waals surface area contributed by atoms with Crippen molar-refractivity contribution in [1.82, 2.24) is 15.0 Å². The van der Waals surface area contributed by atoms with Crippen molar-refractivity contribution in [1.29, 1.82) is 0 Å². The highest BCUT2D eigenvalue weighted by molar-refractivity contribution is 5.92. The molecule has 0 radical (unpaired) electrons. The summed E-state index contributed by atoms with van der Waals surface area (Å²) in [5, 5.41) is 0. The van der Waals surface area contributed by atoms with Crippen molar-refractivity contribution < 1.29 is 9.21 Å². The lowest BCUT2D eigenvalue weighted by Gasteiger charge is -2.02. The SMILES string of the molecule is Cc1cc(=O)n(Cc2cc(C)c(C(=O)NN)o2)cn1. The van der Waals surface area contributed by atoms with Gasteiger partial charge in [0, 0.05) is 17.3 Å². The summed E-state index contributed by atoms with van der Waals surface area (Å²) in [4.78, 5) is 27.1. The highest BCUT2D eigenvalue weighted by Crippen LogP contribution is 2.14. The minimum Gasteiger partial charge on any atom is -0.454 e. The van der Waals surface area contributed by atoms with E-state index in [1.165, 1.54) is 17.0 Å². The van der Waals surface area contributed by atoms with Crippen LogP contribution in [0.15, 0.2) is 27.7 Å². The van der Waals surface area contributed by atoms with Gasteiger partial charge >= 0.3 is 5.91 Å². The summed E-state index contributed by atoms with van der Waals surface area (Å²) in [7, 11) is 0. The summed E-state index contributed by atoms with van der Waals surface area (Å²) in [5.41, 5.74) is 3.14. The van der Waals surface area contributed by atoms with E-state index in [1.807, 2.05) is 5.43 Å². The number of hydrogen-bond acceptors (Lipinski definition) is 5. The molecule has 3 N–H and O–H groups in total. The van der Waals surface area contributed by atoms with Gasteiger partial charge in [0.25, 0.3) is 5.56 Å². The number of furan rings is 1. The van der Waals surface area contributed by atoms with Gasteiger partial charge in [-0.2, -0.15) is 0 Å². The van der Waals surface area contributed by atoms with Crippen LogP contribution in [0, 0.1) is 13.8 Å². The molecule has 19 heavy (non-hydrogen) atoms. The molecule has 0 saturated heterocycles. The summed E-state index contributed by atoms with van der Waals surface area (Å²) >= 11 is 0. The number of carbonyl (C=O) groups is 1. The van der Waals surface area contributed by atoms with Gasteiger partial charge in [-0.15, -0.1) is 0 Å². The number of hydrazine groups is 1. The van der Waals surface area contributed by atoms with E-state index in [2.05, 4.69) is 4.98 Å². The zero-order valence-corrected chi connectivity index (χ0v) is 10.6. The fraction of sp³-hybridized carbons (Fsp3) is 0.250. The van der Waals surface area contributed by atoms with Crippen molar-refractivity contribution in [3.05, 3.63) is 51.6 Å². The first kappa shape index (κ1) is 13.0. The molecule has 0 saturated carbocycles. The molecule has 0 unspecified atom stereocenters. The third kappa shape index (κ3) is 2.71. The maximum Gasteiger partial charge on any atom is 0.301 e. The number of aryl methyl sites for hydroxylation is 2. The predicted octanol–water partition coefficient (Wildman–Crippen LogP) is 0.105. The van der Waals surface area contributed by atoms with Crippen molar-refractivity contribution in [3.8, 4) is 0 Å². The first-order chi connectivity index (χ1) is 9.01. The summed E-state index contributed by atoms with van der Waals surface area (Å²) in [6.45, 7) is 3.69. The smallest absolute Gasteiger partial charge is 0.301 e. The van der Waals surface area contributed by atoms with Crippen molar-refractivity contribution in [2.45, 2.75) is 20.4 Å². The van der Waals surface area contributed by atoms with Crippen LogP contribution in [-0.2, 0) is 6.54 Å². The fourth-order valence-electron chi connectivity index (χ4n) is 1.72. The van der Waals surface area contributed by atoms with Gasteiger partial charge in [0.15, 0.2) is 5.76 Å². The topological polar surface area (TPSA) is 103 Å². The van der Waals surface area contributed by atoms with E-state index in [-0.39, 0.29) is 17.9 Å². The third-order valence-corrected chi connectivity index (χ3v) is 2.65. The van der Waals surface area contributed by atoms with E-state index in [4.69, 9.17) is 10.3 Å². The maximum absolute atomic E-state index is 11.7. The van der Waals surface area contributed by atoms with Crippen LogP contribution >= 0.6 is 0 Å². The first-order valence-electron chi connectivity index (χ1n) is 5.64. The Bertz CT molecular complexity index is 672.